The van der Waals surface area contributed by atoms with E-state index < -0.39 is 0 Å². The van der Waals surface area contributed by atoms with E-state index in [-0.39, 0.29) is 11.7 Å². The van der Waals surface area contributed by atoms with Crippen LogP contribution < -0.4 is 0 Å². The van der Waals surface area contributed by atoms with E-state index in [1.165, 1.54) is 28.0 Å². The number of hydrogen-bond donors (Lipinski definition) is 1. The molecule has 1 fully saturated rings. The number of carbonyl (C=O) groups is 1. The average molecular weight is 332 g/mol. The van der Waals surface area contributed by atoms with Crippen LogP contribution in [0.15, 0.2) is 34.2 Å². The number of thioether (sulfide) groups is 1. The van der Waals surface area contributed by atoms with Crippen LogP contribution >= 0.6 is 23.1 Å². The lowest BCUT2D eigenvalue weighted by atomic mass is 10.2. The number of aliphatic imine (C=N–C) groups is 1. The fourth-order valence-electron chi connectivity index (χ4n) is 1.82. The van der Waals surface area contributed by atoms with Crippen LogP contribution in [0.5, 0.6) is 5.75 Å². The molecule has 0 radical (unpaired) electrons. The Morgan fingerprint density at radius 2 is 2.09 bits per heavy atom. The largest absolute Gasteiger partial charge is 0.507 e. The first-order valence-corrected chi connectivity index (χ1v) is 8.02. The minimum Gasteiger partial charge on any atom is -0.507 e. The maximum absolute atomic E-state index is 12.3. The lowest BCUT2D eigenvalue weighted by molar-refractivity contribution is -0.121. The molecule has 6 nitrogen and oxygen atoms in total. The Morgan fingerprint density at radius 3 is 2.77 bits per heavy atom. The van der Waals surface area contributed by atoms with Gasteiger partial charge in [0.25, 0.3) is 5.91 Å². The Labute approximate surface area is 135 Å². The van der Waals surface area contributed by atoms with E-state index in [0.29, 0.717) is 20.8 Å². The Bertz CT molecular complexity index is 798. The number of benzene rings is 1. The fourth-order valence-corrected chi connectivity index (χ4v) is 3.39. The summed E-state index contributed by atoms with van der Waals surface area (Å²) >= 11 is 2.61. The lowest BCUT2D eigenvalue weighted by Crippen LogP contribution is -2.23. The molecule has 8 heteroatoms. The summed E-state index contributed by atoms with van der Waals surface area (Å²) in [5.41, 5.74) is 0.597. The van der Waals surface area contributed by atoms with Crippen molar-refractivity contribution >= 4 is 45.4 Å². The molecule has 1 saturated heterocycles. The Balaban J connectivity index is 1.92. The molecule has 0 atom stereocenters. The number of aromatic nitrogens is 2. The summed E-state index contributed by atoms with van der Waals surface area (Å²) < 4.78 is 0. The third kappa shape index (κ3) is 2.88. The number of phenolic OH excluding ortho intramolecular Hbond substituents is 1. The van der Waals surface area contributed by atoms with E-state index in [0.717, 1.165) is 5.01 Å². The maximum Gasteiger partial charge on any atom is 0.266 e. The second-order valence-corrected chi connectivity index (χ2v) is 6.70. The summed E-state index contributed by atoms with van der Waals surface area (Å²) in [7, 11) is 1.66. The summed E-state index contributed by atoms with van der Waals surface area (Å²) in [6, 6.07) is 6.87. The number of nitrogens with zero attached hydrogens (tertiary/aromatic N) is 4. The van der Waals surface area contributed by atoms with Gasteiger partial charge in [0.15, 0.2) is 5.17 Å². The highest BCUT2D eigenvalue weighted by atomic mass is 32.2. The zero-order chi connectivity index (χ0) is 15.7. The Morgan fingerprint density at radius 1 is 1.32 bits per heavy atom. The molecule has 0 saturated carbocycles. The highest BCUT2D eigenvalue weighted by molar-refractivity contribution is 8.18. The second kappa shape index (κ2) is 5.90. The molecule has 1 aromatic heterocycles. The van der Waals surface area contributed by atoms with Crippen molar-refractivity contribution in [1.82, 2.24) is 15.1 Å². The minimum atomic E-state index is -0.159. The lowest BCUT2D eigenvalue weighted by Gasteiger charge is -2.05. The summed E-state index contributed by atoms with van der Waals surface area (Å²) in [5, 5.41) is 19.5. The van der Waals surface area contributed by atoms with Gasteiger partial charge >= 0.3 is 0 Å². The van der Waals surface area contributed by atoms with E-state index in [1.807, 2.05) is 6.92 Å². The number of amides is 1. The van der Waals surface area contributed by atoms with Crippen LogP contribution in [0.1, 0.15) is 10.6 Å². The zero-order valence-electron chi connectivity index (χ0n) is 11.8. The number of aromatic hydroxyl groups is 1. The predicted octanol–water partition coefficient (Wildman–Crippen LogP) is 2.79. The molecule has 3 rings (SSSR count). The van der Waals surface area contributed by atoms with Crippen molar-refractivity contribution in [2.75, 3.05) is 7.05 Å². The number of rotatable bonds is 2. The molecule has 1 amide bonds. The van der Waals surface area contributed by atoms with Crippen LogP contribution in [0, 0.1) is 6.92 Å². The monoisotopic (exact) mass is 332 g/mol. The number of para-hydroxylation sites is 1. The molecule has 2 aromatic rings. The van der Waals surface area contributed by atoms with Crippen molar-refractivity contribution in [1.29, 1.82) is 0 Å². The summed E-state index contributed by atoms with van der Waals surface area (Å²) in [6.45, 7) is 1.85. The molecule has 1 aliphatic rings. The SMILES string of the molecule is Cc1nnc(/N=C2/S/C(=C\c3ccccc3O)C(=O)N2C)s1. The normalized spacial score (nSPS) is 18.6. The molecule has 1 aromatic carbocycles. The fraction of sp³-hybridized carbons (Fsp3) is 0.143. The van der Waals surface area contributed by atoms with Gasteiger partial charge in [0.1, 0.15) is 10.8 Å². The van der Waals surface area contributed by atoms with Crippen LogP contribution in [0.3, 0.4) is 0 Å². The first-order valence-electron chi connectivity index (χ1n) is 6.39. The Kier molecular flexibility index (Phi) is 3.95. The van der Waals surface area contributed by atoms with Crippen molar-refractivity contribution in [2.45, 2.75) is 6.92 Å². The summed E-state index contributed by atoms with van der Waals surface area (Å²) in [6.07, 6.45) is 1.66. The van der Waals surface area contributed by atoms with Crippen molar-refractivity contribution in [3.8, 4) is 5.75 Å². The molecule has 2 heterocycles. The summed E-state index contributed by atoms with van der Waals surface area (Å²) in [5.74, 6) is -0.0237. The first-order chi connectivity index (χ1) is 10.5. The van der Waals surface area contributed by atoms with Crippen LogP contribution in [0.25, 0.3) is 6.08 Å². The number of likely N-dealkylation sites (N-methyl/N-ethyl adjacent to an activating group) is 1. The van der Waals surface area contributed by atoms with E-state index in [1.54, 1.807) is 37.4 Å². The van der Waals surface area contributed by atoms with Gasteiger partial charge in [-0.25, -0.2) is 0 Å². The van der Waals surface area contributed by atoms with Crippen LogP contribution in [0.4, 0.5) is 5.13 Å². The first kappa shape index (κ1) is 14.7. The highest BCUT2D eigenvalue weighted by Crippen LogP contribution is 2.34. The van der Waals surface area contributed by atoms with Gasteiger partial charge in [-0.2, -0.15) is 4.99 Å². The highest BCUT2D eigenvalue weighted by Gasteiger charge is 2.30. The zero-order valence-corrected chi connectivity index (χ0v) is 13.5. The molecular weight excluding hydrogens is 320 g/mol. The van der Waals surface area contributed by atoms with Crippen molar-refractivity contribution in [3.05, 3.63) is 39.7 Å². The van der Waals surface area contributed by atoms with Gasteiger partial charge in [0, 0.05) is 12.6 Å². The van der Waals surface area contributed by atoms with E-state index in [9.17, 15) is 9.90 Å². The molecular formula is C14H12N4O2S2. The minimum absolute atomic E-state index is 0.135. The van der Waals surface area contributed by atoms with Gasteiger partial charge in [-0.15, -0.1) is 10.2 Å². The van der Waals surface area contributed by atoms with Crippen molar-refractivity contribution in [2.24, 2.45) is 4.99 Å². The van der Waals surface area contributed by atoms with E-state index in [2.05, 4.69) is 15.2 Å². The molecule has 0 bridgehead atoms. The maximum atomic E-state index is 12.3. The molecule has 1 aliphatic heterocycles. The van der Waals surface area contributed by atoms with Crippen molar-refractivity contribution < 1.29 is 9.90 Å². The molecule has 112 valence electrons. The Hall–Kier alpha value is -2.19. The molecule has 22 heavy (non-hydrogen) atoms. The second-order valence-electron chi connectivity index (χ2n) is 4.53. The van der Waals surface area contributed by atoms with Gasteiger partial charge in [0.2, 0.25) is 5.13 Å². The van der Waals surface area contributed by atoms with E-state index >= 15 is 0 Å². The molecule has 0 aliphatic carbocycles. The molecule has 0 unspecified atom stereocenters. The molecule has 1 N–H and O–H groups in total. The molecule has 0 spiro atoms. The number of aryl methyl sites for hydroxylation is 1. The van der Waals surface area contributed by atoms with Gasteiger partial charge in [-0.3, -0.25) is 9.69 Å². The van der Waals surface area contributed by atoms with Crippen LogP contribution in [-0.2, 0) is 4.79 Å². The number of hydrogen-bond acceptors (Lipinski definition) is 7. The quantitative estimate of drug-likeness (QED) is 0.856. The van der Waals surface area contributed by atoms with E-state index in [4.69, 9.17) is 0 Å². The third-order valence-corrected chi connectivity index (χ3v) is 4.73. The summed E-state index contributed by atoms with van der Waals surface area (Å²) in [4.78, 5) is 18.6. The predicted molar refractivity (Wildman–Crippen MR) is 88.2 cm³/mol. The third-order valence-electron chi connectivity index (χ3n) is 2.93. The van der Waals surface area contributed by atoms with Crippen LogP contribution in [-0.4, -0.2) is 38.3 Å². The average Bonchev–Trinajstić information content (AvgIpc) is 3.01. The van der Waals surface area contributed by atoms with Gasteiger partial charge < -0.3 is 5.11 Å². The number of carbonyl (C=O) groups excluding carboxylic acids is 1. The van der Waals surface area contributed by atoms with Crippen LogP contribution in [0.2, 0.25) is 0 Å². The van der Waals surface area contributed by atoms with Gasteiger partial charge in [-0.1, -0.05) is 29.5 Å². The van der Waals surface area contributed by atoms with Gasteiger partial charge in [-0.05, 0) is 30.8 Å². The number of amidine groups is 1. The van der Waals surface area contributed by atoms with Crippen molar-refractivity contribution in [3.63, 3.8) is 0 Å². The smallest absolute Gasteiger partial charge is 0.266 e. The number of phenols is 1. The topological polar surface area (TPSA) is 78.7 Å². The standard InChI is InChI=1S/C14H12N4O2S2/c1-8-16-17-13(21-8)15-14-18(2)12(20)11(22-14)7-9-5-3-4-6-10(9)19/h3-7,19H,1-2H3/b11-7-,15-14+. The van der Waals surface area contributed by atoms with Gasteiger partial charge in [0.05, 0.1) is 4.91 Å².